The third-order valence-corrected chi connectivity index (χ3v) is 4.42. The van der Waals surface area contributed by atoms with Crippen molar-refractivity contribution in [1.29, 1.82) is 0 Å². The molecule has 4 rings (SSSR count). The first-order chi connectivity index (χ1) is 13.6. The fourth-order valence-electron chi connectivity index (χ4n) is 2.93. The van der Waals surface area contributed by atoms with Crippen molar-refractivity contribution in [1.82, 2.24) is 29.9 Å². The van der Waals surface area contributed by atoms with Crippen LogP contribution in [-0.2, 0) is 17.8 Å². The quantitative estimate of drug-likeness (QED) is 0.540. The van der Waals surface area contributed by atoms with Gasteiger partial charge in [-0.2, -0.15) is 10.2 Å². The van der Waals surface area contributed by atoms with E-state index in [1.165, 1.54) is 5.56 Å². The van der Waals surface area contributed by atoms with Gasteiger partial charge in [0.05, 0.1) is 17.4 Å². The molecule has 142 valence electrons. The molecule has 0 fully saturated rings. The molecule has 1 amide bonds. The molecule has 3 aromatic heterocycles. The highest BCUT2D eigenvalue weighted by molar-refractivity contribution is 5.83. The summed E-state index contributed by atoms with van der Waals surface area (Å²) < 4.78 is 1.60. The molecule has 0 spiro atoms. The maximum absolute atomic E-state index is 11.8. The van der Waals surface area contributed by atoms with Gasteiger partial charge in [-0.15, -0.1) is 0 Å². The van der Waals surface area contributed by atoms with E-state index in [9.17, 15) is 4.79 Å². The first-order valence-electron chi connectivity index (χ1n) is 8.96. The van der Waals surface area contributed by atoms with Crippen LogP contribution in [0.1, 0.15) is 11.3 Å². The van der Waals surface area contributed by atoms with Crippen LogP contribution in [0, 0.1) is 0 Å². The molecule has 0 aliphatic rings. The zero-order valence-electron chi connectivity index (χ0n) is 15.8. The van der Waals surface area contributed by atoms with Crippen molar-refractivity contribution in [2.45, 2.75) is 13.0 Å². The Labute approximate surface area is 162 Å². The highest BCUT2D eigenvalue weighted by Crippen LogP contribution is 2.23. The minimum atomic E-state index is -0.0169. The number of hydrogen-bond donors (Lipinski definition) is 2. The van der Waals surface area contributed by atoms with Crippen molar-refractivity contribution in [3.05, 3.63) is 66.1 Å². The van der Waals surface area contributed by atoms with Crippen LogP contribution in [0.4, 0.5) is 11.6 Å². The Balaban J connectivity index is 1.58. The Bertz CT molecular complexity index is 1100. The number of nitrogens with one attached hydrogen (secondary N) is 2. The number of rotatable bonds is 6. The van der Waals surface area contributed by atoms with Crippen LogP contribution in [0.3, 0.4) is 0 Å². The van der Waals surface area contributed by atoms with Crippen molar-refractivity contribution < 1.29 is 4.79 Å². The van der Waals surface area contributed by atoms with E-state index in [0.717, 1.165) is 16.6 Å². The molecule has 0 aliphatic heterocycles. The molecule has 4 aromatic rings. The summed E-state index contributed by atoms with van der Waals surface area (Å²) in [5.74, 6) is 1.28. The monoisotopic (exact) mass is 375 g/mol. The van der Waals surface area contributed by atoms with Gasteiger partial charge in [-0.3, -0.25) is 14.6 Å². The highest BCUT2D eigenvalue weighted by atomic mass is 16.2. The van der Waals surface area contributed by atoms with E-state index in [1.54, 1.807) is 36.1 Å². The van der Waals surface area contributed by atoms with Gasteiger partial charge < -0.3 is 10.2 Å². The molecule has 0 saturated carbocycles. The van der Waals surface area contributed by atoms with Crippen LogP contribution in [0.25, 0.3) is 10.9 Å². The summed E-state index contributed by atoms with van der Waals surface area (Å²) in [6.45, 7) is 0.195. The van der Waals surface area contributed by atoms with Crippen LogP contribution >= 0.6 is 0 Å². The third-order valence-electron chi connectivity index (χ3n) is 4.42. The van der Waals surface area contributed by atoms with E-state index < -0.39 is 0 Å². The molecule has 8 heteroatoms. The maximum Gasteiger partial charge on any atom is 0.243 e. The molecule has 1 aromatic carbocycles. The number of nitrogens with zero attached hydrogens (tertiary/aromatic N) is 5. The first kappa shape index (κ1) is 17.7. The summed E-state index contributed by atoms with van der Waals surface area (Å²) in [4.78, 5) is 18.1. The second kappa shape index (κ2) is 7.51. The summed E-state index contributed by atoms with van der Waals surface area (Å²) in [6, 6.07) is 13.9. The largest absolute Gasteiger partial charge is 0.347 e. The Hall–Kier alpha value is -3.68. The predicted octanol–water partition coefficient (Wildman–Crippen LogP) is 2.58. The van der Waals surface area contributed by atoms with Crippen molar-refractivity contribution in [2.24, 2.45) is 0 Å². The summed E-state index contributed by atoms with van der Waals surface area (Å²) in [5.41, 5.74) is 3.02. The molecular weight excluding hydrogens is 354 g/mol. The molecule has 2 N–H and O–H groups in total. The number of amides is 1. The Morgan fingerprint density at radius 1 is 1.18 bits per heavy atom. The minimum absolute atomic E-state index is 0.0169. The van der Waals surface area contributed by atoms with Crippen LogP contribution in [0.2, 0.25) is 0 Å². The van der Waals surface area contributed by atoms with Crippen molar-refractivity contribution in [3.63, 3.8) is 0 Å². The predicted molar refractivity (Wildman–Crippen MR) is 107 cm³/mol. The van der Waals surface area contributed by atoms with E-state index in [0.29, 0.717) is 18.1 Å². The van der Waals surface area contributed by atoms with Gasteiger partial charge >= 0.3 is 0 Å². The molecule has 0 radical (unpaired) electrons. The van der Waals surface area contributed by atoms with Gasteiger partial charge in [-0.25, -0.2) is 4.98 Å². The van der Waals surface area contributed by atoms with Gasteiger partial charge in [0.25, 0.3) is 0 Å². The lowest BCUT2D eigenvalue weighted by molar-refractivity contribution is -0.129. The molecule has 8 nitrogen and oxygen atoms in total. The number of pyridine rings is 1. The lowest BCUT2D eigenvalue weighted by atomic mass is 10.1. The van der Waals surface area contributed by atoms with E-state index in [-0.39, 0.29) is 12.5 Å². The summed E-state index contributed by atoms with van der Waals surface area (Å²) >= 11 is 0. The molecule has 28 heavy (non-hydrogen) atoms. The van der Waals surface area contributed by atoms with E-state index >= 15 is 0 Å². The average molecular weight is 375 g/mol. The fourth-order valence-corrected chi connectivity index (χ4v) is 2.93. The number of carbonyl (C=O) groups excluding carboxylic acids is 1. The number of likely N-dealkylation sites (N-methyl/N-ethyl adjacent to an activating group) is 1. The van der Waals surface area contributed by atoms with Gasteiger partial charge in [0.1, 0.15) is 12.4 Å². The molecule has 0 unspecified atom stereocenters. The molecular formula is C20H21N7O. The number of carbonyl (C=O) groups is 1. The van der Waals surface area contributed by atoms with E-state index in [1.807, 2.05) is 30.3 Å². The van der Waals surface area contributed by atoms with Crippen LogP contribution in [0.5, 0.6) is 0 Å². The summed E-state index contributed by atoms with van der Waals surface area (Å²) in [6.07, 6.45) is 4.27. The SMILES string of the molecule is CN(C)C(=O)Cn1ccc(Nc2cc3[nH]ncc3c(Cc3ccccc3)n2)n1. The molecule has 3 heterocycles. The number of benzene rings is 1. The van der Waals surface area contributed by atoms with Crippen LogP contribution in [0.15, 0.2) is 54.9 Å². The third kappa shape index (κ3) is 3.85. The number of hydrogen-bond acceptors (Lipinski definition) is 5. The number of anilines is 2. The Morgan fingerprint density at radius 3 is 2.79 bits per heavy atom. The lowest BCUT2D eigenvalue weighted by Gasteiger charge is -2.10. The lowest BCUT2D eigenvalue weighted by Crippen LogP contribution is -2.26. The number of H-pyrrole nitrogens is 1. The zero-order valence-corrected chi connectivity index (χ0v) is 15.8. The van der Waals surface area contributed by atoms with Crippen LogP contribution < -0.4 is 5.32 Å². The van der Waals surface area contributed by atoms with E-state index in [4.69, 9.17) is 4.98 Å². The van der Waals surface area contributed by atoms with Crippen molar-refractivity contribution >= 4 is 28.4 Å². The fraction of sp³-hybridized carbons (Fsp3) is 0.200. The minimum Gasteiger partial charge on any atom is -0.347 e. The molecule has 0 aliphatic carbocycles. The van der Waals surface area contributed by atoms with Crippen molar-refractivity contribution in [3.8, 4) is 0 Å². The highest BCUT2D eigenvalue weighted by Gasteiger charge is 2.11. The normalized spacial score (nSPS) is 10.9. The van der Waals surface area contributed by atoms with E-state index in [2.05, 4.69) is 32.7 Å². The number of aromatic nitrogens is 5. The maximum atomic E-state index is 11.8. The van der Waals surface area contributed by atoms with Crippen LogP contribution in [-0.4, -0.2) is 49.9 Å². The average Bonchev–Trinajstić information content (AvgIpc) is 3.32. The second-order valence-corrected chi connectivity index (χ2v) is 6.76. The number of fused-ring (bicyclic) bond motifs is 1. The van der Waals surface area contributed by atoms with Gasteiger partial charge in [-0.05, 0) is 5.56 Å². The van der Waals surface area contributed by atoms with Crippen molar-refractivity contribution in [2.75, 3.05) is 19.4 Å². The standard InChI is InChI=1S/C20H21N7O/c1-26(2)20(28)13-27-9-8-18(25-27)23-19-11-17-15(12-21-24-17)16(22-19)10-14-6-4-3-5-7-14/h3-9,11-12H,10,13H2,1-2H3,(H,21,24)(H,22,23,25). The summed E-state index contributed by atoms with van der Waals surface area (Å²) in [5, 5.41) is 15.8. The summed E-state index contributed by atoms with van der Waals surface area (Å²) in [7, 11) is 3.45. The van der Waals surface area contributed by atoms with Gasteiger partial charge in [-0.1, -0.05) is 30.3 Å². The topological polar surface area (TPSA) is 91.7 Å². The van der Waals surface area contributed by atoms with Gasteiger partial charge in [0.15, 0.2) is 5.82 Å². The Morgan fingerprint density at radius 2 is 2.00 bits per heavy atom. The first-order valence-corrected chi connectivity index (χ1v) is 8.96. The van der Waals surface area contributed by atoms with Gasteiger partial charge in [0, 0.05) is 44.2 Å². The molecule has 0 saturated heterocycles. The smallest absolute Gasteiger partial charge is 0.243 e. The second-order valence-electron chi connectivity index (χ2n) is 6.76. The molecule has 0 bridgehead atoms. The Kier molecular flexibility index (Phi) is 4.76. The van der Waals surface area contributed by atoms with Gasteiger partial charge in [0.2, 0.25) is 5.91 Å². The number of aromatic amines is 1. The zero-order chi connectivity index (χ0) is 19.5. The molecule has 0 atom stereocenters.